The molecule has 1 aromatic rings. The van der Waals surface area contributed by atoms with Crippen LogP contribution in [0.1, 0.15) is 57.1 Å². The molecule has 42 heavy (non-hydrogen) atoms. The number of nitrogens with zero attached hydrogens (tertiary/aromatic N) is 1. The van der Waals surface area contributed by atoms with Gasteiger partial charge in [0.25, 0.3) is 0 Å². The van der Waals surface area contributed by atoms with Gasteiger partial charge in [-0.25, -0.2) is 0 Å². The normalized spacial score (nSPS) is 27.4. The van der Waals surface area contributed by atoms with E-state index in [1.807, 2.05) is 49.4 Å². The van der Waals surface area contributed by atoms with Crippen molar-refractivity contribution in [3.8, 4) is 0 Å². The third kappa shape index (κ3) is 6.75. The second kappa shape index (κ2) is 13.5. The number of nitrogens with one attached hydrogen (secondary N) is 2. The summed E-state index contributed by atoms with van der Waals surface area (Å²) in [6, 6.07) is 8.02. The number of ether oxygens (including phenoxy) is 1. The number of hydrogen-bond donors (Lipinski definition) is 4. The van der Waals surface area contributed by atoms with Gasteiger partial charge in [0.2, 0.25) is 5.91 Å². The number of methoxy groups -OCH3 is 1. The number of carbonyl (C=O) groups is 1. The molecule has 3 aliphatic rings. The van der Waals surface area contributed by atoms with Gasteiger partial charge >= 0.3 is 6.18 Å². The summed E-state index contributed by atoms with van der Waals surface area (Å²) in [5.74, 6) is -0.809. The molecule has 4 rings (SSSR count). The number of fused-ring (bicyclic) bond motifs is 3. The van der Waals surface area contributed by atoms with E-state index in [0.717, 1.165) is 73.3 Å². The lowest BCUT2D eigenvalue weighted by Gasteiger charge is -2.40. The van der Waals surface area contributed by atoms with E-state index < -0.39 is 29.5 Å². The minimum atomic E-state index is -4.48. The summed E-state index contributed by atoms with van der Waals surface area (Å²) in [5, 5.41) is 11.6. The molecule has 1 heterocycles. The van der Waals surface area contributed by atoms with Crippen molar-refractivity contribution in [2.75, 3.05) is 33.3 Å². The van der Waals surface area contributed by atoms with Crippen LogP contribution in [-0.2, 0) is 20.4 Å². The molecule has 1 fully saturated rings. The summed E-state index contributed by atoms with van der Waals surface area (Å²) < 4.78 is 45.1. The Bertz CT molecular complexity index is 1190. The number of benzene rings is 1. The summed E-state index contributed by atoms with van der Waals surface area (Å²) in [5.41, 5.74) is 6.91. The smallest absolute Gasteiger partial charge is 0.401 e. The second-order valence-corrected chi connectivity index (χ2v) is 12.5. The van der Waals surface area contributed by atoms with Gasteiger partial charge in [-0.05, 0) is 75.3 Å². The molecule has 0 saturated carbocycles. The maximum Gasteiger partial charge on any atom is 0.405 e. The molecule has 1 amide bonds. The zero-order chi connectivity index (χ0) is 30.5. The number of halogens is 3. The average molecular weight is 608 g/mol. The molecule has 11 heteroatoms. The van der Waals surface area contributed by atoms with Gasteiger partial charge in [0.1, 0.15) is 12.8 Å². The van der Waals surface area contributed by atoms with Gasteiger partial charge in [-0.3, -0.25) is 15.3 Å². The maximum absolute atomic E-state index is 13.8. The quantitative estimate of drug-likeness (QED) is 0.156. The van der Waals surface area contributed by atoms with E-state index in [1.54, 1.807) is 7.11 Å². The fraction of sp³-hybridized carbons (Fsp3) is 0.581. The number of likely N-dealkylation sites (tertiary alicyclic amines) is 1. The van der Waals surface area contributed by atoms with Gasteiger partial charge in [-0.15, -0.1) is 0 Å². The van der Waals surface area contributed by atoms with E-state index in [-0.39, 0.29) is 18.2 Å². The fourth-order valence-electron chi connectivity index (χ4n) is 7.07. The zero-order valence-electron chi connectivity index (χ0n) is 24.7. The van der Waals surface area contributed by atoms with Gasteiger partial charge < -0.3 is 20.7 Å². The van der Waals surface area contributed by atoms with Crippen LogP contribution in [0.3, 0.4) is 0 Å². The van der Waals surface area contributed by atoms with Crippen LogP contribution in [0.2, 0.25) is 0 Å². The number of piperidine rings is 1. The van der Waals surface area contributed by atoms with Crippen LogP contribution in [0.25, 0.3) is 0 Å². The van der Waals surface area contributed by atoms with Crippen molar-refractivity contribution < 1.29 is 22.7 Å². The van der Waals surface area contributed by atoms with E-state index in [4.69, 9.17) is 15.6 Å². The lowest BCUT2D eigenvalue weighted by molar-refractivity contribution is -0.143. The van der Waals surface area contributed by atoms with Crippen molar-refractivity contribution in [2.45, 2.75) is 75.2 Å². The molecular weight excluding hydrogens is 563 g/mol. The summed E-state index contributed by atoms with van der Waals surface area (Å²) in [7, 11) is 1.63. The molecule has 232 valence electrons. The third-order valence-electron chi connectivity index (χ3n) is 9.14. The molecule has 0 bridgehead atoms. The first kappa shape index (κ1) is 32.6. The first-order chi connectivity index (χ1) is 20.0. The van der Waals surface area contributed by atoms with E-state index in [9.17, 15) is 18.0 Å². The number of hydrogen-bond acceptors (Lipinski definition) is 7. The van der Waals surface area contributed by atoms with Crippen molar-refractivity contribution in [1.29, 1.82) is 0 Å². The standard InChI is InChI=1S/C31H44F3N5O2S/c1-21(35)26(42-36)27(41-3)38-22-13-18-39(19-14-22)17-9-8-16-30(28(40)37-20-31(32,33)34)24-11-5-4-10-23(24)29(2)15-7-6-12-25(29)30/h4-7,10-12,15,22,25,27,38H,8-9,13-14,16-20,35-36H2,1-3H3,(H,37,40)/b26-21-/t25?,27?,29-,30?/m0/s1. The van der Waals surface area contributed by atoms with Gasteiger partial charge in [0.15, 0.2) is 0 Å². The van der Waals surface area contributed by atoms with Gasteiger partial charge in [-0.1, -0.05) is 61.9 Å². The molecule has 0 spiro atoms. The van der Waals surface area contributed by atoms with Crippen molar-refractivity contribution in [3.05, 3.63) is 70.3 Å². The van der Waals surface area contributed by atoms with E-state index in [2.05, 4.69) is 28.5 Å². The molecule has 2 aliphatic carbocycles. The number of carbonyl (C=O) groups excluding carboxylic acids is 1. The van der Waals surface area contributed by atoms with Crippen LogP contribution in [-0.4, -0.2) is 62.5 Å². The number of amides is 1. The Labute approximate surface area is 251 Å². The fourth-order valence-corrected chi connectivity index (χ4v) is 7.55. The number of unbranched alkanes of at least 4 members (excludes halogenated alkanes) is 1. The SMILES string of the molecule is COC(NC1CCN(CCCCC2(C(=O)NCC(F)(F)F)c3ccccc3[C@]3(C)C=CC=CC23)CC1)/C(SN)=C(\C)N. The first-order valence-corrected chi connectivity index (χ1v) is 15.5. The van der Waals surface area contributed by atoms with Gasteiger partial charge in [0.05, 0.1) is 10.3 Å². The van der Waals surface area contributed by atoms with Crippen LogP contribution in [0.15, 0.2) is 59.2 Å². The summed E-state index contributed by atoms with van der Waals surface area (Å²) in [6.07, 6.45) is 7.09. The Morgan fingerprint density at radius 2 is 1.88 bits per heavy atom. The highest BCUT2D eigenvalue weighted by atomic mass is 32.2. The Hall–Kier alpha value is -2.31. The monoisotopic (exact) mass is 607 g/mol. The Kier molecular flexibility index (Phi) is 10.5. The summed E-state index contributed by atoms with van der Waals surface area (Å²) in [6.45, 7) is 5.25. The van der Waals surface area contributed by atoms with E-state index in [0.29, 0.717) is 12.1 Å². The molecule has 0 aromatic heterocycles. The van der Waals surface area contributed by atoms with E-state index >= 15 is 0 Å². The van der Waals surface area contributed by atoms with Crippen LogP contribution < -0.4 is 21.5 Å². The molecule has 4 atom stereocenters. The topological polar surface area (TPSA) is 106 Å². The second-order valence-electron chi connectivity index (χ2n) is 11.8. The first-order valence-electron chi connectivity index (χ1n) is 14.6. The largest absolute Gasteiger partial charge is 0.405 e. The molecule has 0 radical (unpaired) electrons. The number of nitrogens with two attached hydrogens (primary N) is 2. The Morgan fingerprint density at radius 1 is 1.19 bits per heavy atom. The predicted octanol–water partition coefficient (Wildman–Crippen LogP) is 4.61. The summed E-state index contributed by atoms with van der Waals surface area (Å²) in [4.78, 5) is 17.0. The van der Waals surface area contributed by atoms with Gasteiger partial charge in [0, 0.05) is 30.2 Å². The number of allylic oxidation sites excluding steroid dienone is 5. The third-order valence-corrected chi connectivity index (χ3v) is 9.93. The highest BCUT2D eigenvalue weighted by Crippen LogP contribution is 2.58. The molecule has 3 unspecified atom stereocenters. The Morgan fingerprint density at radius 3 is 2.50 bits per heavy atom. The van der Waals surface area contributed by atoms with Crippen LogP contribution in [0, 0.1) is 5.92 Å². The molecule has 1 aliphatic heterocycles. The minimum Gasteiger partial charge on any atom is -0.401 e. The van der Waals surface area contributed by atoms with Crippen LogP contribution in [0.4, 0.5) is 13.2 Å². The lowest BCUT2D eigenvalue weighted by atomic mass is 9.63. The van der Waals surface area contributed by atoms with Crippen LogP contribution >= 0.6 is 11.9 Å². The number of alkyl halides is 3. The van der Waals surface area contributed by atoms with Crippen molar-refractivity contribution in [1.82, 2.24) is 15.5 Å². The molecule has 7 nitrogen and oxygen atoms in total. The van der Waals surface area contributed by atoms with Crippen molar-refractivity contribution >= 4 is 17.9 Å². The lowest BCUT2D eigenvalue weighted by Crippen LogP contribution is -2.51. The Balaban J connectivity index is 1.41. The highest BCUT2D eigenvalue weighted by molar-refractivity contribution is 8.01. The van der Waals surface area contributed by atoms with Crippen molar-refractivity contribution in [2.24, 2.45) is 16.8 Å². The van der Waals surface area contributed by atoms with E-state index in [1.165, 1.54) is 0 Å². The predicted molar refractivity (Wildman–Crippen MR) is 162 cm³/mol. The van der Waals surface area contributed by atoms with Gasteiger partial charge in [-0.2, -0.15) is 13.2 Å². The molecule has 1 saturated heterocycles. The van der Waals surface area contributed by atoms with Crippen LogP contribution in [0.5, 0.6) is 0 Å². The average Bonchev–Trinajstić information content (AvgIpc) is 3.19. The molecular formula is C31H44F3N5O2S. The van der Waals surface area contributed by atoms with Crippen molar-refractivity contribution in [3.63, 3.8) is 0 Å². The minimum absolute atomic E-state index is 0.265. The molecule has 1 aromatic carbocycles. The maximum atomic E-state index is 13.8. The zero-order valence-corrected chi connectivity index (χ0v) is 25.5. The number of rotatable bonds is 12. The summed E-state index contributed by atoms with van der Waals surface area (Å²) >= 11 is 1.10. The molecule has 6 N–H and O–H groups in total. The highest BCUT2D eigenvalue weighted by Gasteiger charge is 2.60.